The summed E-state index contributed by atoms with van der Waals surface area (Å²) in [5.74, 6) is -0.892. The molecule has 2 rings (SSSR count). The van der Waals surface area contributed by atoms with Crippen LogP contribution in [0, 0.1) is 6.92 Å². The van der Waals surface area contributed by atoms with Crippen LogP contribution >= 0.6 is 22.9 Å². The molecule has 0 fully saturated rings. The highest BCUT2D eigenvalue weighted by Gasteiger charge is 2.11. The van der Waals surface area contributed by atoms with Crippen molar-refractivity contribution in [2.75, 3.05) is 5.32 Å². The molecular formula is C13H12ClNO2S. The summed E-state index contributed by atoms with van der Waals surface area (Å²) in [4.78, 5) is 11.3. The summed E-state index contributed by atoms with van der Waals surface area (Å²) < 4.78 is 0. The molecule has 0 aliphatic rings. The van der Waals surface area contributed by atoms with Gasteiger partial charge in [-0.25, -0.2) is 4.79 Å². The van der Waals surface area contributed by atoms with Crippen molar-refractivity contribution in [3.05, 3.63) is 50.7 Å². The van der Waals surface area contributed by atoms with Crippen LogP contribution in [0.1, 0.15) is 20.8 Å². The number of hydrogen-bond acceptors (Lipinski definition) is 3. The summed E-state index contributed by atoms with van der Waals surface area (Å²) in [5.41, 5.74) is 2.67. The molecule has 0 aliphatic carbocycles. The van der Waals surface area contributed by atoms with Gasteiger partial charge in [0, 0.05) is 6.54 Å². The van der Waals surface area contributed by atoms with Crippen molar-refractivity contribution in [1.29, 1.82) is 0 Å². The quantitative estimate of drug-likeness (QED) is 0.890. The van der Waals surface area contributed by atoms with E-state index in [1.54, 1.807) is 5.38 Å². The van der Waals surface area contributed by atoms with E-state index in [1.807, 2.05) is 31.2 Å². The topological polar surface area (TPSA) is 49.3 Å². The van der Waals surface area contributed by atoms with Crippen LogP contribution in [0.15, 0.2) is 29.6 Å². The zero-order valence-corrected chi connectivity index (χ0v) is 11.3. The monoisotopic (exact) mass is 281 g/mol. The Morgan fingerprint density at radius 1 is 1.44 bits per heavy atom. The summed E-state index contributed by atoms with van der Waals surface area (Å²) in [6, 6.07) is 7.53. The standard InChI is InChI=1S/C13H12ClNO2S/c1-8-2-3-11(10(14)6-8)15-7-9-4-5-18-12(9)13(16)17/h2-6,15H,7H2,1H3,(H,16,17). The average Bonchev–Trinajstić information content (AvgIpc) is 2.76. The largest absolute Gasteiger partial charge is 0.477 e. The van der Waals surface area contributed by atoms with E-state index in [9.17, 15) is 4.79 Å². The van der Waals surface area contributed by atoms with Crippen LogP contribution < -0.4 is 5.32 Å². The number of rotatable bonds is 4. The van der Waals surface area contributed by atoms with Gasteiger partial charge in [0.2, 0.25) is 0 Å². The van der Waals surface area contributed by atoms with Gasteiger partial charge in [0.25, 0.3) is 0 Å². The first-order chi connectivity index (χ1) is 8.58. The second kappa shape index (κ2) is 5.42. The molecule has 0 atom stereocenters. The third-order valence-corrected chi connectivity index (χ3v) is 3.79. The van der Waals surface area contributed by atoms with Crippen LogP contribution in [0.25, 0.3) is 0 Å². The summed E-state index contributed by atoms with van der Waals surface area (Å²) in [6.45, 7) is 2.42. The summed E-state index contributed by atoms with van der Waals surface area (Å²) in [7, 11) is 0. The third-order valence-electron chi connectivity index (χ3n) is 2.53. The smallest absolute Gasteiger partial charge is 0.346 e. The van der Waals surface area contributed by atoms with Gasteiger partial charge >= 0.3 is 5.97 Å². The number of carboxylic acid groups (broad SMARTS) is 1. The molecule has 2 aromatic rings. The van der Waals surface area contributed by atoms with Crippen LogP contribution in [0.2, 0.25) is 5.02 Å². The fraction of sp³-hybridized carbons (Fsp3) is 0.154. The Bertz CT molecular complexity index is 580. The molecule has 0 saturated heterocycles. The highest BCUT2D eigenvalue weighted by atomic mass is 35.5. The van der Waals surface area contributed by atoms with E-state index in [1.165, 1.54) is 11.3 Å². The van der Waals surface area contributed by atoms with Crippen LogP contribution in [-0.4, -0.2) is 11.1 Å². The van der Waals surface area contributed by atoms with Gasteiger partial charge in [0.1, 0.15) is 4.88 Å². The summed E-state index contributed by atoms with van der Waals surface area (Å²) in [5, 5.41) is 14.6. The second-order valence-electron chi connectivity index (χ2n) is 3.92. The molecule has 1 aromatic heterocycles. The summed E-state index contributed by atoms with van der Waals surface area (Å²) in [6.07, 6.45) is 0. The second-order valence-corrected chi connectivity index (χ2v) is 5.24. The lowest BCUT2D eigenvalue weighted by Crippen LogP contribution is -2.04. The summed E-state index contributed by atoms with van der Waals surface area (Å²) >= 11 is 7.32. The molecule has 1 aromatic carbocycles. The van der Waals surface area contributed by atoms with E-state index in [4.69, 9.17) is 16.7 Å². The molecule has 0 amide bonds. The maximum atomic E-state index is 11.0. The first-order valence-electron chi connectivity index (χ1n) is 5.37. The molecule has 3 nitrogen and oxygen atoms in total. The number of carbonyl (C=O) groups is 1. The van der Waals surface area contributed by atoms with Gasteiger partial charge in [-0.15, -0.1) is 11.3 Å². The fourth-order valence-corrected chi connectivity index (χ4v) is 2.68. The molecule has 0 radical (unpaired) electrons. The predicted octanol–water partition coefficient (Wildman–Crippen LogP) is 4.02. The minimum atomic E-state index is -0.892. The highest BCUT2D eigenvalue weighted by Crippen LogP contribution is 2.24. The van der Waals surface area contributed by atoms with Crippen LogP contribution in [0.3, 0.4) is 0 Å². The van der Waals surface area contributed by atoms with Crippen molar-refractivity contribution < 1.29 is 9.90 Å². The van der Waals surface area contributed by atoms with Crippen molar-refractivity contribution >= 4 is 34.6 Å². The van der Waals surface area contributed by atoms with Crippen molar-refractivity contribution in [1.82, 2.24) is 0 Å². The van der Waals surface area contributed by atoms with Crippen LogP contribution in [0.5, 0.6) is 0 Å². The highest BCUT2D eigenvalue weighted by molar-refractivity contribution is 7.12. The lowest BCUT2D eigenvalue weighted by molar-refractivity contribution is 0.0701. The Kier molecular flexibility index (Phi) is 3.89. The predicted molar refractivity (Wildman–Crippen MR) is 74.8 cm³/mol. The molecule has 0 spiro atoms. The molecule has 0 bridgehead atoms. The van der Waals surface area contributed by atoms with Gasteiger partial charge < -0.3 is 10.4 Å². The molecule has 94 valence electrons. The first kappa shape index (κ1) is 12.9. The number of nitrogens with one attached hydrogen (secondary N) is 1. The number of aryl methyl sites for hydroxylation is 1. The van der Waals surface area contributed by atoms with Gasteiger partial charge in [-0.2, -0.15) is 0 Å². The van der Waals surface area contributed by atoms with E-state index in [2.05, 4.69) is 5.32 Å². The number of hydrogen-bond donors (Lipinski definition) is 2. The minimum absolute atomic E-state index is 0.366. The number of benzene rings is 1. The third kappa shape index (κ3) is 2.83. The zero-order valence-electron chi connectivity index (χ0n) is 9.74. The van der Waals surface area contributed by atoms with Gasteiger partial charge in [0.05, 0.1) is 10.7 Å². The Morgan fingerprint density at radius 2 is 2.22 bits per heavy atom. The van der Waals surface area contributed by atoms with Gasteiger partial charge in [-0.3, -0.25) is 0 Å². The van der Waals surface area contributed by atoms with Gasteiger partial charge in [-0.05, 0) is 41.6 Å². The van der Waals surface area contributed by atoms with Gasteiger partial charge in [0.15, 0.2) is 0 Å². The van der Waals surface area contributed by atoms with E-state index < -0.39 is 5.97 Å². The minimum Gasteiger partial charge on any atom is -0.477 e. The van der Waals surface area contributed by atoms with Crippen LogP contribution in [0.4, 0.5) is 5.69 Å². The molecule has 2 N–H and O–H groups in total. The Labute approximate surface area is 114 Å². The number of halogens is 1. The maximum absolute atomic E-state index is 11.0. The van der Waals surface area contributed by atoms with E-state index in [0.29, 0.717) is 16.4 Å². The molecule has 0 saturated carbocycles. The van der Waals surface area contributed by atoms with Crippen LogP contribution in [-0.2, 0) is 6.54 Å². The lowest BCUT2D eigenvalue weighted by Gasteiger charge is -2.08. The van der Waals surface area contributed by atoms with E-state index >= 15 is 0 Å². The van der Waals surface area contributed by atoms with Crippen molar-refractivity contribution in [2.24, 2.45) is 0 Å². The molecule has 5 heteroatoms. The average molecular weight is 282 g/mol. The Morgan fingerprint density at radius 3 is 2.89 bits per heavy atom. The SMILES string of the molecule is Cc1ccc(NCc2ccsc2C(=O)O)c(Cl)c1. The Balaban J connectivity index is 2.11. The lowest BCUT2D eigenvalue weighted by atomic mass is 10.2. The zero-order chi connectivity index (χ0) is 13.1. The number of aromatic carboxylic acids is 1. The number of carboxylic acids is 1. The molecular weight excluding hydrogens is 270 g/mol. The van der Waals surface area contributed by atoms with Crippen molar-refractivity contribution in [3.8, 4) is 0 Å². The molecule has 0 aliphatic heterocycles. The normalized spacial score (nSPS) is 10.3. The molecule has 0 unspecified atom stereocenters. The van der Waals surface area contributed by atoms with Gasteiger partial charge in [-0.1, -0.05) is 17.7 Å². The molecule has 1 heterocycles. The van der Waals surface area contributed by atoms with Crippen molar-refractivity contribution in [2.45, 2.75) is 13.5 Å². The number of thiophene rings is 1. The van der Waals surface area contributed by atoms with E-state index in [-0.39, 0.29) is 0 Å². The Hall–Kier alpha value is -1.52. The number of anilines is 1. The fourth-order valence-electron chi connectivity index (χ4n) is 1.62. The van der Waals surface area contributed by atoms with E-state index in [0.717, 1.165) is 16.8 Å². The van der Waals surface area contributed by atoms with Crippen molar-refractivity contribution in [3.63, 3.8) is 0 Å². The first-order valence-corrected chi connectivity index (χ1v) is 6.63. The maximum Gasteiger partial charge on any atom is 0.346 e. The molecule has 18 heavy (non-hydrogen) atoms.